The van der Waals surface area contributed by atoms with Crippen molar-refractivity contribution in [3.05, 3.63) is 108 Å². The number of carbonyl (C=O) groups excluding carboxylic acids is 2. The van der Waals surface area contributed by atoms with E-state index in [9.17, 15) is 9.59 Å². The van der Waals surface area contributed by atoms with Gasteiger partial charge < -0.3 is 20.4 Å². The number of carbonyl (C=O) groups is 2. The first-order valence-corrected chi connectivity index (χ1v) is 11.0. The largest absolute Gasteiger partial charge is 0.445 e. The Bertz CT molecular complexity index is 1210. The highest BCUT2D eigenvalue weighted by Crippen LogP contribution is 2.20. The number of benzene rings is 3. The van der Waals surface area contributed by atoms with Crippen LogP contribution in [-0.2, 0) is 22.6 Å². The Labute approximate surface area is 193 Å². The Balaban J connectivity index is 1.48. The SMILES string of the molecule is C[C@@H](NC(=O)[C@H](Cc1c[nH]c2ccccc12)NC(=O)OCc1ccccc1)c1ccccc1. The second kappa shape index (κ2) is 10.5. The molecular formula is C27H27N3O3. The molecule has 33 heavy (non-hydrogen) atoms. The first-order valence-electron chi connectivity index (χ1n) is 11.0. The van der Waals surface area contributed by atoms with Crippen LogP contribution in [0.25, 0.3) is 10.9 Å². The molecule has 6 heteroatoms. The number of amides is 2. The van der Waals surface area contributed by atoms with E-state index in [0.29, 0.717) is 6.42 Å². The van der Waals surface area contributed by atoms with Gasteiger partial charge in [0.1, 0.15) is 12.6 Å². The number of nitrogens with one attached hydrogen (secondary N) is 3. The van der Waals surface area contributed by atoms with Crippen LogP contribution in [0.5, 0.6) is 0 Å². The summed E-state index contributed by atoms with van der Waals surface area (Å²) in [6.45, 7) is 2.05. The molecule has 6 nitrogen and oxygen atoms in total. The molecule has 0 aliphatic heterocycles. The van der Waals surface area contributed by atoms with Crippen LogP contribution in [0.15, 0.2) is 91.1 Å². The number of rotatable bonds is 8. The van der Waals surface area contributed by atoms with Gasteiger partial charge in [0.05, 0.1) is 6.04 Å². The maximum atomic E-state index is 13.2. The van der Waals surface area contributed by atoms with E-state index in [-0.39, 0.29) is 18.6 Å². The molecule has 3 N–H and O–H groups in total. The number of fused-ring (bicyclic) bond motifs is 1. The van der Waals surface area contributed by atoms with Gasteiger partial charge in [-0.25, -0.2) is 4.79 Å². The summed E-state index contributed by atoms with van der Waals surface area (Å²) < 4.78 is 5.37. The predicted octanol–water partition coefficient (Wildman–Crippen LogP) is 4.88. The predicted molar refractivity (Wildman–Crippen MR) is 129 cm³/mol. The maximum Gasteiger partial charge on any atom is 0.408 e. The van der Waals surface area contributed by atoms with Crippen LogP contribution in [-0.4, -0.2) is 23.0 Å². The summed E-state index contributed by atoms with van der Waals surface area (Å²) in [7, 11) is 0. The zero-order chi connectivity index (χ0) is 23.0. The van der Waals surface area contributed by atoms with E-state index in [4.69, 9.17) is 4.74 Å². The molecule has 0 saturated heterocycles. The van der Waals surface area contributed by atoms with Gasteiger partial charge in [-0.15, -0.1) is 0 Å². The van der Waals surface area contributed by atoms with Gasteiger partial charge in [-0.05, 0) is 29.7 Å². The van der Waals surface area contributed by atoms with Crippen LogP contribution in [0.3, 0.4) is 0 Å². The third kappa shape index (κ3) is 5.80. The molecule has 2 atom stereocenters. The third-order valence-corrected chi connectivity index (χ3v) is 5.58. The first kappa shape index (κ1) is 22.1. The molecule has 0 radical (unpaired) electrons. The van der Waals surface area contributed by atoms with E-state index in [0.717, 1.165) is 27.6 Å². The van der Waals surface area contributed by atoms with Gasteiger partial charge in [-0.2, -0.15) is 0 Å². The summed E-state index contributed by atoms with van der Waals surface area (Å²) >= 11 is 0. The molecule has 0 unspecified atom stereocenters. The van der Waals surface area contributed by atoms with Crippen LogP contribution in [0, 0.1) is 0 Å². The van der Waals surface area contributed by atoms with Crippen LogP contribution in [0.1, 0.15) is 29.7 Å². The lowest BCUT2D eigenvalue weighted by Crippen LogP contribution is -2.48. The zero-order valence-corrected chi connectivity index (χ0v) is 18.5. The molecule has 4 aromatic rings. The van der Waals surface area contributed by atoms with Gasteiger partial charge in [-0.1, -0.05) is 78.9 Å². The smallest absolute Gasteiger partial charge is 0.408 e. The molecule has 2 amide bonds. The summed E-state index contributed by atoms with van der Waals surface area (Å²) in [5.41, 5.74) is 3.80. The molecular weight excluding hydrogens is 414 g/mol. The fourth-order valence-corrected chi connectivity index (χ4v) is 3.78. The monoisotopic (exact) mass is 441 g/mol. The second-order valence-corrected chi connectivity index (χ2v) is 7.96. The number of H-pyrrole nitrogens is 1. The first-order chi connectivity index (χ1) is 16.1. The Morgan fingerprint density at radius 1 is 0.879 bits per heavy atom. The van der Waals surface area contributed by atoms with Gasteiger partial charge in [-0.3, -0.25) is 4.79 Å². The van der Waals surface area contributed by atoms with Gasteiger partial charge in [0, 0.05) is 23.5 Å². The maximum absolute atomic E-state index is 13.2. The molecule has 0 fully saturated rings. The van der Waals surface area contributed by atoms with Crippen LogP contribution >= 0.6 is 0 Å². The normalized spacial score (nSPS) is 12.6. The number of ether oxygens (including phenoxy) is 1. The van der Waals surface area contributed by atoms with Crippen molar-refractivity contribution >= 4 is 22.9 Å². The minimum absolute atomic E-state index is 0.133. The van der Waals surface area contributed by atoms with Gasteiger partial charge in [0.2, 0.25) is 5.91 Å². The lowest BCUT2D eigenvalue weighted by atomic mass is 10.0. The van der Waals surface area contributed by atoms with Crippen molar-refractivity contribution in [2.24, 2.45) is 0 Å². The van der Waals surface area contributed by atoms with E-state index in [1.54, 1.807) is 0 Å². The van der Waals surface area contributed by atoms with Crippen molar-refractivity contribution in [1.82, 2.24) is 15.6 Å². The van der Waals surface area contributed by atoms with Crippen molar-refractivity contribution in [3.63, 3.8) is 0 Å². The number of alkyl carbamates (subject to hydrolysis) is 1. The average Bonchev–Trinajstić information content (AvgIpc) is 3.26. The molecule has 0 aliphatic rings. The highest BCUT2D eigenvalue weighted by molar-refractivity contribution is 5.88. The topological polar surface area (TPSA) is 83.2 Å². The Morgan fingerprint density at radius 2 is 1.55 bits per heavy atom. The molecule has 0 saturated carbocycles. The summed E-state index contributed by atoms with van der Waals surface area (Å²) in [6.07, 6.45) is 1.58. The highest BCUT2D eigenvalue weighted by Gasteiger charge is 2.25. The second-order valence-electron chi connectivity index (χ2n) is 7.96. The third-order valence-electron chi connectivity index (χ3n) is 5.58. The van der Waals surface area contributed by atoms with Crippen molar-refractivity contribution in [1.29, 1.82) is 0 Å². The van der Waals surface area contributed by atoms with Gasteiger partial charge in [0.25, 0.3) is 0 Å². The molecule has 0 bridgehead atoms. The van der Waals surface area contributed by atoms with Crippen LogP contribution < -0.4 is 10.6 Å². The average molecular weight is 442 g/mol. The summed E-state index contributed by atoms with van der Waals surface area (Å²) in [5.74, 6) is -0.270. The summed E-state index contributed by atoms with van der Waals surface area (Å²) in [5, 5.41) is 6.80. The minimum atomic E-state index is -0.793. The number of para-hydroxylation sites is 1. The van der Waals surface area contributed by atoms with Crippen molar-refractivity contribution in [2.45, 2.75) is 32.0 Å². The molecule has 1 aromatic heterocycles. The van der Waals surface area contributed by atoms with E-state index >= 15 is 0 Å². The molecule has 168 valence electrons. The van der Waals surface area contributed by atoms with E-state index in [1.807, 2.05) is 98.0 Å². The molecule has 0 spiro atoms. The Kier molecular flexibility index (Phi) is 7.05. The zero-order valence-electron chi connectivity index (χ0n) is 18.5. The number of hydrogen-bond acceptors (Lipinski definition) is 3. The van der Waals surface area contributed by atoms with E-state index in [2.05, 4.69) is 15.6 Å². The summed E-state index contributed by atoms with van der Waals surface area (Å²) in [6, 6.07) is 26.0. The number of hydrogen-bond donors (Lipinski definition) is 3. The van der Waals surface area contributed by atoms with Crippen molar-refractivity contribution < 1.29 is 14.3 Å². The fraction of sp³-hybridized carbons (Fsp3) is 0.185. The van der Waals surface area contributed by atoms with Gasteiger partial charge in [0.15, 0.2) is 0 Å². The number of aromatic amines is 1. The minimum Gasteiger partial charge on any atom is -0.445 e. The summed E-state index contributed by atoms with van der Waals surface area (Å²) in [4.78, 5) is 29.0. The lowest BCUT2D eigenvalue weighted by molar-refractivity contribution is -0.123. The molecule has 0 aliphatic carbocycles. The molecule has 3 aromatic carbocycles. The van der Waals surface area contributed by atoms with E-state index in [1.165, 1.54) is 0 Å². The molecule has 1 heterocycles. The van der Waals surface area contributed by atoms with Crippen molar-refractivity contribution in [3.8, 4) is 0 Å². The van der Waals surface area contributed by atoms with E-state index < -0.39 is 12.1 Å². The Morgan fingerprint density at radius 3 is 2.30 bits per heavy atom. The van der Waals surface area contributed by atoms with Crippen LogP contribution in [0.2, 0.25) is 0 Å². The Hall–Kier alpha value is -4.06. The molecule has 4 rings (SSSR count). The van der Waals surface area contributed by atoms with Gasteiger partial charge >= 0.3 is 6.09 Å². The number of aromatic nitrogens is 1. The quantitative estimate of drug-likeness (QED) is 0.364. The highest BCUT2D eigenvalue weighted by atomic mass is 16.5. The van der Waals surface area contributed by atoms with Crippen molar-refractivity contribution in [2.75, 3.05) is 0 Å². The fourth-order valence-electron chi connectivity index (χ4n) is 3.78. The standard InChI is InChI=1S/C27H27N3O3/c1-19(21-12-6-3-7-13-21)29-26(31)25(16-22-17-28-24-15-9-8-14-23(22)24)30-27(32)33-18-20-10-4-2-5-11-20/h2-15,17,19,25,28H,16,18H2,1H3,(H,29,31)(H,30,32)/t19-,25+/m1/s1. The van der Waals surface area contributed by atoms with Crippen LogP contribution in [0.4, 0.5) is 4.79 Å². The lowest BCUT2D eigenvalue weighted by Gasteiger charge is -2.21.